The predicted octanol–water partition coefficient (Wildman–Crippen LogP) is 1.89. The second-order valence-corrected chi connectivity index (χ2v) is 4.02. The fraction of sp³-hybridized carbons (Fsp3) is 0.600. The predicted molar refractivity (Wildman–Crippen MR) is 79.9 cm³/mol. The van der Waals surface area contributed by atoms with Crippen molar-refractivity contribution in [3.05, 3.63) is 24.3 Å². The van der Waals surface area contributed by atoms with Crippen LogP contribution in [-0.4, -0.2) is 52.1 Å². The summed E-state index contributed by atoms with van der Waals surface area (Å²) in [4.78, 5) is 21.4. The summed E-state index contributed by atoms with van der Waals surface area (Å²) in [5.74, 6) is -0.721. The molecule has 21 heavy (non-hydrogen) atoms. The van der Waals surface area contributed by atoms with Crippen molar-refractivity contribution in [2.45, 2.75) is 20.8 Å². The van der Waals surface area contributed by atoms with Crippen LogP contribution in [0.4, 0.5) is 0 Å². The number of methoxy groups -OCH3 is 1. The van der Waals surface area contributed by atoms with E-state index >= 15 is 0 Å². The van der Waals surface area contributed by atoms with E-state index in [1.807, 2.05) is 6.92 Å². The van der Waals surface area contributed by atoms with Gasteiger partial charge in [0.1, 0.15) is 13.2 Å². The third kappa shape index (κ3) is 16.3. The first-order chi connectivity index (χ1) is 9.86. The van der Waals surface area contributed by atoms with Gasteiger partial charge >= 0.3 is 11.9 Å². The molecule has 0 unspecified atom stereocenters. The van der Waals surface area contributed by atoms with Gasteiger partial charge in [0.15, 0.2) is 0 Å². The van der Waals surface area contributed by atoms with Crippen molar-refractivity contribution in [3.8, 4) is 0 Å². The molecule has 0 saturated heterocycles. The Kier molecular flexibility index (Phi) is 15.2. The Morgan fingerprint density at radius 3 is 1.62 bits per heavy atom. The summed E-state index contributed by atoms with van der Waals surface area (Å²) >= 11 is 0. The Morgan fingerprint density at radius 1 is 0.857 bits per heavy atom. The molecule has 0 aliphatic heterocycles. The fourth-order valence-corrected chi connectivity index (χ4v) is 0.802. The zero-order chi connectivity index (χ0) is 16.7. The van der Waals surface area contributed by atoms with Crippen LogP contribution in [0, 0.1) is 0 Å². The lowest BCUT2D eigenvalue weighted by Gasteiger charge is -2.03. The highest BCUT2D eigenvalue weighted by Gasteiger charge is 2.01. The van der Waals surface area contributed by atoms with Gasteiger partial charge in [-0.3, -0.25) is 0 Å². The third-order valence-electron chi connectivity index (χ3n) is 1.88. The lowest BCUT2D eigenvalue weighted by Crippen LogP contribution is -2.10. The molecular formula is C15H26O6. The monoisotopic (exact) mass is 302 g/mol. The summed E-state index contributed by atoms with van der Waals surface area (Å²) in [5, 5.41) is 0. The number of ether oxygens (including phenoxy) is 4. The molecule has 0 fully saturated rings. The zero-order valence-corrected chi connectivity index (χ0v) is 13.4. The molecule has 0 aliphatic rings. The van der Waals surface area contributed by atoms with Gasteiger partial charge in [-0.15, -0.1) is 0 Å². The van der Waals surface area contributed by atoms with E-state index in [2.05, 4.69) is 22.6 Å². The first-order valence-corrected chi connectivity index (χ1v) is 6.58. The molecule has 0 aromatic carbocycles. The molecule has 6 heteroatoms. The molecule has 0 spiro atoms. The molecule has 6 nitrogen and oxygen atoms in total. The Bertz CT molecular complexity index is 335. The standard InChI is InChI=1S/C8H14O3.C7H12O3/c1-4-10-5-6-11-8(9)7(2)3;1-6(2)7(8)10-5-4-9-3/h2,4-6H2,1,3H3;1,4-5H2,2-3H3. The normalized spacial score (nSPS) is 9.14. The minimum absolute atomic E-state index is 0.294. The van der Waals surface area contributed by atoms with Crippen molar-refractivity contribution in [2.24, 2.45) is 0 Å². The third-order valence-corrected chi connectivity index (χ3v) is 1.88. The summed E-state index contributed by atoms with van der Waals surface area (Å²) in [5.41, 5.74) is 0.831. The van der Waals surface area contributed by atoms with Gasteiger partial charge in [0.2, 0.25) is 0 Å². The Labute approximate surface area is 126 Å². The van der Waals surface area contributed by atoms with Crippen LogP contribution in [0.1, 0.15) is 20.8 Å². The molecular weight excluding hydrogens is 276 g/mol. The van der Waals surface area contributed by atoms with Crippen LogP contribution < -0.4 is 0 Å². The highest BCUT2D eigenvalue weighted by atomic mass is 16.6. The van der Waals surface area contributed by atoms with Crippen molar-refractivity contribution in [3.63, 3.8) is 0 Å². The number of hydrogen-bond donors (Lipinski definition) is 0. The molecule has 122 valence electrons. The maximum Gasteiger partial charge on any atom is 0.333 e. The van der Waals surface area contributed by atoms with Gasteiger partial charge < -0.3 is 18.9 Å². The summed E-state index contributed by atoms with van der Waals surface area (Å²) in [7, 11) is 1.55. The molecule has 0 N–H and O–H groups in total. The molecule has 0 heterocycles. The highest BCUT2D eigenvalue weighted by Crippen LogP contribution is 1.91. The van der Waals surface area contributed by atoms with Gasteiger partial charge in [0.05, 0.1) is 13.2 Å². The second-order valence-electron chi connectivity index (χ2n) is 4.02. The number of carbonyl (C=O) groups excluding carboxylic acids is 2. The van der Waals surface area contributed by atoms with Crippen LogP contribution in [0.25, 0.3) is 0 Å². The smallest absolute Gasteiger partial charge is 0.333 e. The van der Waals surface area contributed by atoms with E-state index in [1.165, 1.54) is 0 Å². The summed E-state index contributed by atoms with van der Waals surface area (Å²) < 4.78 is 19.0. The molecule has 0 aliphatic carbocycles. The molecule has 0 radical (unpaired) electrons. The Hall–Kier alpha value is -1.66. The molecule has 0 saturated carbocycles. The van der Waals surface area contributed by atoms with Crippen LogP contribution in [-0.2, 0) is 28.5 Å². The first-order valence-electron chi connectivity index (χ1n) is 6.58. The number of hydrogen-bond acceptors (Lipinski definition) is 6. The van der Waals surface area contributed by atoms with E-state index in [1.54, 1.807) is 21.0 Å². The minimum atomic E-state index is -0.364. The molecule has 0 aromatic heterocycles. The van der Waals surface area contributed by atoms with E-state index in [0.29, 0.717) is 44.2 Å². The average Bonchev–Trinajstić information content (AvgIpc) is 2.44. The average molecular weight is 302 g/mol. The van der Waals surface area contributed by atoms with Gasteiger partial charge in [-0.25, -0.2) is 9.59 Å². The lowest BCUT2D eigenvalue weighted by atomic mass is 10.4. The van der Waals surface area contributed by atoms with E-state index in [-0.39, 0.29) is 11.9 Å². The van der Waals surface area contributed by atoms with Crippen LogP contribution >= 0.6 is 0 Å². The molecule has 0 bridgehead atoms. The largest absolute Gasteiger partial charge is 0.460 e. The highest BCUT2D eigenvalue weighted by molar-refractivity contribution is 5.87. The molecule has 0 amide bonds. The van der Waals surface area contributed by atoms with Crippen LogP contribution in [0.3, 0.4) is 0 Å². The lowest BCUT2D eigenvalue weighted by molar-refractivity contribution is -0.141. The van der Waals surface area contributed by atoms with Crippen molar-refractivity contribution in [2.75, 3.05) is 40.1 Å². The van der Waals surface area contributed by atoms with E-state index in [9.17, 15) is 9.59 Å². The van der Waals surface area contributed by atoms with E-state index < -0.39 is 0 Å². The van der Waals surface area contributed by atoms with Crippen LogP contribution in [0.2, 0.25) is 0 Å². The molecule has 0 rings (SSSR count). The van der Waals surface area contributed by atoms with Crippen molar-refractivity contribution >= 4 is 11.9 Å². The second kappa shape index (κ2) is 14.7. The first kappa shape index (κ1) is 21.6. The summed E-state index contributed by atoms with van der Waals surface area (Å²) in [6.45, 7) is 14.1. The number of esters is 2. The minimum Gasteiger partial charge on any atom is -0.460 e. The van der Waals surface area contributed by atoms with Gasteiger partial charge in [-0.1, -0.05) is 13.2 Å². The maximum absolute atomic E-state index is 10.7. The van der Waals surface area contributed by atoms with E-state index in [4.69, 9.17) is 9.47 Å². The van der Waals surface area contributed by atoms with Gasteiger partial charge in [-0.05, 0) is 20.8 Å². The van der Waals surface area contributed by atoms with Crippen molar-refractivity contribution in [1.82, 2.24) is 0 Å². The number of rotatable bonds is 9. The van der Waals surface area contributed by atoms with Gasteiger partial charge in [-0.2, -0.15) is 0 Å². The van der Waals surface area contributed by atoms with E-state index in [0.717, 1.165) is 0 Å². The van der Waals surface area contributed by atoms with Crippen molar-refractivity contribution < 1.29 is 28.5 Å². The number of carbonyl (C=O) groups is 2. The quantitative estimate of drug-likeness (QED) is 0.368. The van der Waals surface area contributed by atoms with Crippen molar-refractivity contribution in [1.29, 1.82) is 0 Å². The van der Waals surface area contributed by atoms with Crippen LogP contribution in [0.5, 0.6) is 0 Å². The Morgan fingerprint density at radius 2 is 1.29 bits per heavy atom. The molecule has 0 atom stereocenters. The van der Waals surface area contributed by atoms with Gasteiger partial charge in [0, 0.05) is 24.9 Å². The zero-order valence-electron chi connectivity index (χ0n) is 13.4. The SMILES string of the molecule is C=C(C)C(=O)OCCOC.C=C(C)C(=O)OCCOCC. The Balaban J connectivity index is 0. The molecule has 0 aromatic rings. The van der Waals surface area contributed by atoms with Crippen LogP contribution in [0.15, 0.2) is 24.3 Å². The summed E-state index contributed by atoms with van der Waals surface area (Å²) in [6, 6.07) is 0. The maximum atomic E-state index is 10.7. The topological polar surface area (TPSA) is 71.1 Å². The summed E-state index contributed by atoms with van der Waals surface area (Å²) in [6.07, 6.45) is 0. The van der Waals surface area contributed by atoms with Gasteiger partial charge in [0.25, 0.3) is 0 Å². The fourth-order valence-electron chi connectivity index (χ4n) is 0.802.